The van der Waals surface area contributed by atoms with Crippen molar-refractivity contribution < 1.29 is 9.47 Å². The molecule has 0 aromatic heterocycles. The van der Waals surface area contributed by atoms with E-state index in [1.54, 1.807) is 7.11 Å². The van der Waals surface area contributed by atoms with Gasteiger partial charge >= 0.3 is 0 Å². The Morgan fingerprint density at radius 1 is 1.47 bits per heavy atom. The molecule has 1 atom stereocenters. The Labute approximate surface area is 102 Å². The fraction of sp³-hybridized carbons (Fsp3) is 0.538. The van der Waals surface area contributed by atoms with Crippen LogP contribution in [0.4, 0.5) is 0 Å². The SMILES string of the molecule is COc1ccccc1CNCC1COCCN1. The van der Waals surface area contributed by atoms with E-state index < -0.39 is 0 Å². The molecule has 1 aliphatic rings. The summed E-state index contributed by atoms with van der Waals surface area (Å²) < 4.78 is 10.7. The van der Waals surface area contributed by atoms with Gasteiger partial charge in [-0.25, -0.2) is 0 Å². The highest BCUT2D eigenvalue weighted by atomic mass is 16.5. The second-order valence-electron chi connectivity index (χ2n) is 4.17. The smallest absolute Gasteiger partial charge is 0.123 e. The first-order chi connectivity index (χ1) is 8.40. The van der Waals surface area contributed by atoms with Gasteiger partial charge in [0.15, 0.2) is 0 Å². The molecule has 0 bridgehead atoms. The largest absolute Gasteiger partial charge is 0.496 e. The summed E-state index contributed by atoms with van der Waals surface area (Å²) in [6.07, 6.45) is 0. The Kier molecular flexibility index (Phi) is 4.79. The summed E-state index contributed by atoms with van der Waals surface area (Å²) in [5, 5.41) is 6.84. The fourth-order valence-corrected chi connectivity index (χ4v) is 1.98. The lowest BCUT2D eigenvalue weighted by Gasteiger charge is -2.24. The lowest BCUT2D eigenvalue weighted by molar-refractivity contribution is 0.0766. The first-order valence-electron chi connectivity index (χ1n) is 6.04. The molecular weight excluding hydrogens is 216 g/mol. The number of para-hydroxylation sites is 1. The van der Waals surface area contributed by atoms with Crippen LogP contribution >= 0.6 is 0 Å². The van der Waals surface area contributed by atoms with E-state index >= 15 is 0 Å². The highest BCUT2D eigenvalue weighted by Gasteiger charge is 2.12. The number of hydrogen-bond acceptors (Lipinski definition) is 4. The molecule has 0 spiro atoms. The van der Waals surface area contributed by atoms with Gasteiger partial charge in [0.05, 0.1) is 20.3 Å². The Bertz CT molecular complexity index is 338. The summed E-state index contributed by atoms with van der Waals surface area (Å²) in [5.41, 5.74) is 1.19. The van der Waals surface area contributed by atoms with Crippen LogP contribution in [0.3, 0.4) is 0 Å². The molecule has 1 fully saturated rings. The van der Waals surface area contributed by atoms with Crippen LogP contribution in [0.1, 0.15) is 5.56 Å². The van der Waals surface area contributed by atoms with Crippen molar-refractivity contribution in [3.05, 3.63) is 29.8 Å². The maximum atomic E-state index is 5.40. The minimum absolute atomic E-state index is 0.415. The second-order valence-corrected chi connectivity index (χ2v) is 4.17. The van der Waals surface area contributed by atoms with E-state index in [0.29, 0.717) is 6.04 Å². The van der Waals surface area contributed by atoms with E-state index in [9.17, 15) is 0 Å². The highest BCUT2D eigenvalue weighted by Crippen LogP contribution is 2.16. The maximum absolute atomic E-state index is 5.40. The molecular formula is C13H20N2O2. The van der Waals surface area contributed by atoms with Gasteiger partial charge in [-0.05, 0) is 6.07 Å². The van der Waals surface area contributed by atoms with Crippen molar-refractivity contribution in [1.82, 2.24) is 10.6 Å². The van der Waals surface area contributed by atoms with Gasteiger partial charge < -0.3 is 20.1 Å². The van der Waals surface area contributed by atoms with Crippen molar-refractivity contribution in [3.8, 4) is 5.75 Å². The lowest BCUT2D eigenvalue weighted by atomic mass is 10.2. The van der Waals surface area contributed by atoms with Crippen molar-refractivity contribution in [1.29, 1.82) is 0 Å². The summed E-state index contributed by atoms with van der Waals surface area (Å²) in [5.74, 6) is 0.938. The van der Waals surface area contributed by atoms with Gasteiger partial charge in [-0.2, -0.15) is 0 Å². The summed E-state index contributed by atoms with van der Waals surface area (Å²) in [6, 6.07) is 8.49. The maximum Gasteiger partial charge on any atom is 0.123 e. The Morgan fingerprint density at radius 2 is 2.35 bits per heavy atom. The summed E-state index contributed by atoms with van der Waals surface area (Å²) in [6.45, 7) is 4.29. The molecule has 1 aromatic rings. The second kappa shape index (κ2) is 6.59. The van der Waals surface area contributed by atoms with Crippen LogP contribution in [0, 0.1) is 0 Å². The number of methoxy groups -OCH3 is 1. The molecule has 0 saturated carbocycles. The van der Waals surface area contributed by atoms with E-state index in [1.165, 1.54) is 5.56 Å². The Morgan fingerprint density at radius 3 is 3.12 bits per heavy atom. The van der Waals surface area contributed by atoms with E-state index in [4.69, 9.17) is 9.47 Å². The molecule has 94 valence electrons. The molecule has 1 heterocycles. The third kappa shape index (κ3) is 3.70. The summed E-state index contributed by atoms with van der Waals surface area (Å²) >= 11 is 0. The van der Waals surface area contributed by atoms with Gasteiger partial charge in [-0.15, -0.1) is 0 Å². The number of hydrogen-bond donors (Lipinski definition) is 2. The molecule has 0 radical (unpaired) electrons. The number of ether oxygens (including phenoxy) is 2. The quantitative estimate of drug-likeness (QED) is 0.792. The number of rotatable bonds is 5. The predicted molar refractivity (Wildman–Crippen MR) is 67.3 cm³/mol. The monoisotopic (exact) mass is 236 g/mol. The molecule has 1 saturated heterocycles. The first-order valence-corrected chi connectivity index (χ1v) is 6.04. The van der Waals surface area contributed by atoms with Crippen molar-refractivity contribution in [2.75, 3.05) is 33.4 Å². The molecule has 17 heavy (non-hydrogen) atoms. The lowest BCUT2D eigenvalue weighted by Crippen LogP contribution is -2.47. The molecule has 2 N–H and O–H groups in total. The van der Waals surface area contributed by atoms with Gasteiger partial charge in [0, 0.05) is 31.2 Å². The van der Waals surface area contributed by atoms with Gasteiger partial charge in [0.25, 0.3) is 0 Å². The molecule has 2 rings (SSSR count). The molecule has 0 amide bonds. The third-order valence-corrected chi connectivity index (χ3v) is 2.90. The number of morpholine rings is 1. The van der Waals surface area contributed by atoms with Gasteiger partial charge in [-0.3, -0.25) is 0 Å². The van der Waals surface area contributed by atoms with Crippen LogP contribution in [-0.2, 0) is 11.3 Å². The van der Waals surface area contributed by atoms with E-state index in [2.05, 4.69) is 16.7 Å². The van der Waals surface area contributed by atoms with Gasteiger partial charge in [-0.1, -0.05) is 18.2 Å². The van der Waals surface area contributed by atoms with Crippen LogP contribution in [0.15, 0.2) is 24.3 Å². The standard InChI is InChI=1S/C13H20N2O2/c1-16-13-5-3-2-4-11(13)8-14-9-12-10-17-7-6-15-12/h2-5,12,14-15H,6-10H2,1H3. The molecule has 4 heteroatoms. The third-order valence-electron chi connectivity index (χ3n) is 2.90. The zero-order valence-electron chi connectivity index (χ0n) is 10.2. The topological polar surface area (TPSA) is 42.5 Å². The van der Waals surface area contributed by atoms with Crippen molar-refractivity contribution in [3.63, 3.8) is 0 Å². The van der Waals surface area contributed by atoms with E-state index in [-0.39, 0.29) is 0 Å². The average Bonchev–Trinajstić information content (AvgIpc) is 2.40. The van der Waals surface area contributed by atoms with Crippen molar-refractivity contribution in [2.45, 2.75) is 12.6 Å². The van der Waals surface area contributed by atoms with E-state index in [1.807, 2.05) is 18.2 Å². The van der Waals surface area contributed by atoms with E-state index in [0.717, 1.165) is 38.6 Å². The molecule has 4 nitrogen and oxygen atoms in total. The zero-order valence-corrected chi connectivity index (χ0v) is 10.2. The minimum Gasteiger partial charge on any atom is -0.496 e. The van der Waals surface area contributed by atoms with Crippen molar-refractivity contribution >= 4 is 0 Å². The highest BCUT2D eigenvalue weighted by molar-refractivity contribution is 5.32. The average molecular weight is 236 g/mol. The number of benzene rings is 1. The number of nitrogens with one attached hydrogen (secondary N) is 2. The minimum atomic E-state index is 0.415. The van der Waals surface area contributed by atoms with Crippen LogP contribution < -0.4 is 15.4 Å². The first kappa shape index (κ1) is 12.4. The zero-order chi connectivity index (χ0) is 11.9. The molecule has 1 aliphatic heterocycles. The van der Waals surface area contributed by atoms with Crippen molar-refractivity contribution in [2.24, 2.45) is 0 Å². The fourth-order valence-electron chi connectivity index (χ4n) is 1.98. The van der Waals surface area contributed by atoms with Gasteiger partial charge in [0.1, 0.15) is 5.75 Å². The predicted octanol–water partition coefficient (Wildman–Crippen LogP) is 0.773. The van der Waals surface area contributed by atoms with Crippen LogP contribution in [-0.4, -0.2) is 39.5 Å². The molecule has 0 aliphatic carbocycles. The molecule has 1 aromatic carbocycles. The van der Waals surface area contributed by atoms with Crippen LogP contribution in [0.2, 0.25) is 0 Å². The summed E-state index contributed by atoms with van der Waals surface area (Å²) in [4.78, 5) is 0. The Balaban J connectivity index is 1.77. The molecule has 1 unspecified atom stereocenters. The van der Waals surface area contributed by atoms with Gasteiger partial charge in [0.2, 0.25) is 0 Å². The Hall–Kier alpha value is -1.10. The van der Waals surface area contributed by atoms with Crippen LogP contribution in [0.5, 0.6) is 5.75 Å². The van der Waals surface area contributed by atoms with Crippen LogP contribution in [0.25, 0.3) is 0 Å². The summed E-state index contributed by atoms with van der Waals surface area (Å²) in [7, 11) is 1.70. The normalized spacial score (nSPS) is 20.2.